The summed E-state index contributed by atoms with van der Waals surface area (Å²) in [6.07, 6.45) is 4.36. The van der Waals surface area contributed by atoms with E-state index in [1.807, 2.05) is 27.9 Å². The van der Waals surface area contributed by atoms with E-state index in [0.717, 1.165) is 12.8 Å². The van der Waals surface area contributed by atoms with Crippen molar-refractivity contribution < 1.29 is 14.7 Å². The van der Waals surface area contributed by atoms with Gasteiger partial charge in [-0.2, -0.15) is 0 Å². The van der Waals surface area contributed by atoms with Crippen LogP contribution < -0.4 is 10.6 Å². The Hall–Kier alpha value is -1.30. The largest absolute Gasteiger partial charge is 0.481 e. The summed E-state index contributed by atoms with van der Waals surface area (Å²) < 4.78 is 0. The van der Waals surface area contributed by atoms with Crippen LogP contribution in [0.1, 0.15) is 46.0 Å². The Morgan fingerprint density at radius 1 is 1.19 bits per heavy atom. The van der Waals surface area contributed by atoms with E-state index < -0.39 is 11.4 Å². The van der Waals surface area contributed by atoms with Crippen LogP contribution in [-0.2, 0) is 4.79 Å². The van der Waals surface area contributed by atoms with Crippen LogP contribution in [0.25, 0.3) is 0 Å². The first-order valence-corrected chi connectivity index (χ1v) is 7.74. The molecule has 0 aromatic heterocycles. The van der Waals surface area contributed by atoms with Gasteiger partial charge in [0.2, 0.25) is 0 Å². The van der Waals surface area contributed by atoms with Crippen molar-refractivity contribution in [3.05, 3.63) is 0 Å². The number of rotatable bonds is 8. The van der Waals surface area contributed by atoms with Gasteiger partial charge in [-0.15, -0.1) is 0 Å². The fourth-order valence-corrected chi connectivity index (χ4v) is 2.80. The number of carboxylic acid groups (broad SMARTS) is 1. The molecule has 1 rings (SSSR count). The summed E-state index contributed by atoms with van der Waals surface area (Å²) in [5, 5.41) is 14.9. The van der Waals surface area contributed by atoms with E-state index in [2.05, 4.69) is 15.5 Å². The molecule has 2 amide bonds. The molecule has 3 N–H and O–H groups in total. The summed E-state index contributed by atoms with van der Waals surface area (Å²) in [5.41, 5.74) is -0.802. The van der Waals surface area contributed by atoms with E-state index in [1.165, 1.54) is 6.42 Å². The number of hydrogen-bond acceptors (Lipinski definition) is 3. The van der Waals surface area contributed by atoms with Crippen LogP contribution in [0.3, 0.4) is 0 Å². The van der Waals surface area contributed by atoms with Gasteiger partial charge in [0.15, 0.2) is 0 Å². The van der Waals surface area contributed by atoms with Gasteiger partial charge in [-0.1, -0.05) is 13.8 Å². The molecule has 0 aromatic rings. The maximum absolute atomic E-state index is 11.9. The highest BCUT2D eigenvalue weighted by atomic mass is 16.4. The van der Waals surface area contributed by atoms with Crippen LogP contribution in [0, 0.1) is 5.41 Å². The first kappa shape index (κ1) is 17.8. The van der Waals surface area contributed by atoms with Crippen LogP contribution >= 0.6 is 0 Å². The molecule has 1 saturated carbocycles. The average Bonchev–Trinajstić information content (AvgIpc) is 2.38. The predicted molar refractivity (Wildman–Crippen MR) is 82.3 cm³/mol. The quantitative estimate of drug-likeness (QED) is 0.636. The number of amides is 2. The third kappa shape index (κ3) is 3.87. The Morgan fingerprint density at radius 3 is 2.10 bits per heavy atom. The van der Waals surface area contributed by atoms with E-state index in [9.17, 15) is 14.7 Å². The Kier molecular flexibility index (Phi) is 6.01. The van der Waals surface area contributed by atoms with Gasteiger partial charge < -0.3 is 20.6 Å². The van der Waals surface area contributed by atoms with E-state index >= 15 is 0 Å². The standard InChI is InChI=1S/C15H29N3O3/c1-5-14(6-2,12(19)20)10-16-13(21)17-11-15(18(3)4)8-7-9-15/h5-11H2,1-4H3,(H,19,20)(H2,16,17,21). The van der Waals surface area contributed by atoms with E-state index in [1.54, 1.807) is 0 Å². The molecule has 1 fully saturated rings. The van der Waals surface area contributed by atoms with E-state index in [0.29, 0.717) is 19.4 Å². The maximum atomic E-state index is 11.9. The van der Waals surface area contributed by atoms with Gasteiger partial charge in [-0.25, -0.2) is 4.79 Å². The van der Waals surface area contributed by atoms with Crippen LogP contribution in [-0.4, -0.2) is 54.7 Å². The fraction of sp³-hybridized carbons (Fsp3) is 0.867. The number of nitrogens with zero attached hydrogens (tertiary/aromatic N) is 1. The van der Waals surface area contributed by atoms with Gasteiger partial charge in [-0.3, -0.25) is 4.79 Å². The number of carbonyl (C=O) groups excluding carboxylic acids is 1. The van der Waals surface area contributed by atoms with Crippen molar-refractivity contribution in [1.29, 1.82) is 0 Å². The average molecular weight is 299 g/mol. The molecule has 0 heterocycles. The molecule has 0 atom stereocenters. The molecule has 0 aliphatic heterocycles. The second kappa shape index (κ2) is 7.11. The topological polar surface area (TPSA) is 81.7 Å². The third-order valence-corrected chi connectivity index (χ3v) is 5.21. The second-order valence-electron chi connectivity index (χ2n) is 6.30. The zero-order valence-corrected chi connectivity index (χ0v) is 13.7. The zero-order chi connectivity index (χ0) is 16.1. The molecular weight excluding hydrogens is 270 g/mol. The minimum absolute atomic E-state index is 0.0662. The smallest absolute Gasteiger partial charge is 0.314 e. The summed E-state index contributed by atoms with van der Waals surface area (Å²) in [7, 11) is 4.06. The highest BCUT2D eigenvalue weighted by Gasteiger charge is 2.39. The molecule has 0 spiro atoms. The molecule has 122 valence electrons. The number of hydrogen-bond donors (Lipinski definition) is 3. The maximum Gasteiger partial charge on any atom is 0.314 e. The van der Waals surface area contributed by atoms with Gasteiger partial charge in [-0.05, 0) is 46.2 Å². The van der Waals surface area contributed by atoms with Crippen molar-refractivity contribution in [1.82, 2.24) is 15.5 Å². The van der Waals surface area contributed by atoms with Crippen molar-refractivity contribution in [2.24, 2.45) is 5.41 Å². The van der Waals surface area contributed by atoms with Crippen LogP contribution in [0.4, 0.5) is 4.79 Å². The summed E-state index contributed by atoms with van der Waals surface area (Å²) in [6.45, 7) is 4.44. The number of likely N-dealkylation sites (N-methyl/N-ethyl adjacent to an activating group) is 1. The number of carboxylic acids is 1. The lowest BCUT2D eigenvalue weighted by atomic mass is 9.75. The van der Waals surface area contributed by atoms with Crippen molar-refractivity contribution in [3.8, 4) is 0 Å². The van der Waals surface area contributed by atoms with Crippen LogP contribution in [0.15, 0.2) is 0 Å². The van der Waals surface area contributed by atoms with Crippen LogP contribution in [0.5, 0.6) is 0 Å². The monoisotopic (exact) mass is 299 g/mol. The van der Waals surface area contributed by atoms with Gasteiger partial charge in [0.05, 0.1) is 5.41 Å². The molecular formula is C15H29N3O3. The molecule has 0 bridgehead atoms. The highest BCUT2D eigenvalue weighted by Crippen LogP contribution is 2.35. The van der Waals surface area contributed by atoms with Crippen molar-refractivity contribution in [2.45, 2.75) is 51.5 Å². The molecule has 1 aliphatic carbocycles. The molecule has 6 nitrogen and oxygen atoms in total. The number of aliphatic carboxylic acids is 1. The van der Waals surface area contributed by atoms with Crippen molar-refractivity contribution >= 4 is 12.0 Å². The number of nitrogens with one attached hydrogen (secondary N) is 2. The Labute approximate surface area is 127 Å². The van der Waals surface area contributed by atoms with E-state index in [4.69, 9.17) is 0 Å². The molecule has 1 aliphatic rings. The van der Waals surface area contributed by atoms with Crippen LogP contribution in [0.2, 0.25) is 0 Å². The summed E-state index contributed by atoms with van der Waals surface area (Å²) >= 11 is 0. The zero-order valence-electron chi connectivity index (χ0n) is 13.7. The number of urea groups is 1. The molecule has 0 aromatic carbocycles. The first-order valence-electron chi connectivity index (χ1n) is 7.74. The first-order chi connectivity index (χ1) is 9.82. The molecule has 6 heteroatoms. The minimum Gasteiger partial charge on any atom is -0.481 e. The molecule has 21 heavy (non-hydrogen) atoms. The summed E-state index contributed by atoms with van der Waals surface area (Å²) in [6, 6.07) is -0.282. The Morgan fingerprint density at radius 2 is 1.76 bits per heavy atom. The fourth-order valence-electron chi connectivity index (χ4n) is 2.80. The lowest BCUT2D eigenvalue weighted by molar-refractivity contribution is -0.149. The number of carbonyl (C=O) groups is 2. The molecule has 0 saturated heterocycles. The third-order valence-electron chi connectivity index (χ3n) is 5.21. The normalized spacial score (nSPS) is 17.2. The molecule has 0 radical (unpaired) electrons. The van der Waals surface area contributed by atoms with Crippen molar-refractivity contribution in [3.63, 3.8) is 0 Å². The predicted octanol–water partition coefficient (Wildman–Crippen LogP) is 1.66. The Bertz CT molecular complexity index is 374. The highest BCUT2D eigenvalue weighted by molar-refractivity contribution is 5.78. The lowest BCUT2D eigenvalue weighted by Crippen LogP contribution is -2.58. The summed E-state index contributed by atoms with van der Waals surface area (Å²) in [5.74, 6) is -0.850. The minimum atomic E-state index is -0.868. The van der Waals surface area contributed by atoms with Crippen molar-refractivity contribution in [2.75, 3.05) is 27.2 Å². The molecule has 0 unspecified atom stereocenters. The van der Waals surface area contributed by atoms with E-state index in [-0.39, 0.29) is 18.1 Å². The Balaban J connectivity index is 2.45. The van der Waals surface area contributed by atoms with Gasteiger partial charge >= 0.3 is 12.0 Å². The SMILES string of the molecule is CCC(CC)(CNC(=O)NCC1(N(C)C)CCC1)C(=O)O. The second-order valence-corrected chi connectivity index (χ2v) is 6.30. The van der Waals surface area contributed by atoms with Gasteiger partial charge in [0, 0.05) is 18.6 Å². The van der Waals surface area contributed by atoms with Gasteiger partial charge in [0.25, 0.3) is 0 Å². The summed E-state index contributed by atoms with van der Waals surface area (Å²) in [4.78, 5) is 25.5. The lowest BCUT2D eigenvalue weighted by Gasteiger charge is -2.47. The van der Waals surface area contributed by atoms with Gasteiger partial charge in [0.1, 0.15) is 0 Å².